The minimum Gasteiger partial charge on any atom is -0.458 e. The highest BCUT2D eigenvalue weighted by molar-refractivity contribution is 6.10. The van der Waals surface area contributed by atoms with E-state index in [1.54, 1.807) is 62.3 Å². The second-order valence-corrected chi connectivity index (χ2v) is 26.9. The van der Waals surface area contributed by atoms with Gasteiger partial charge in [-0.2, -0.15) is 0 Å². The second kappa shape index (κ2) is 28.0. The van der Waals surface area contributed by atoms with Crippen molar-refractivity contribution in [3.05, 3.63) is 44.6 Å². The quantitative estimate of drug-likeness (QED) is 0.120. The zero-order valence-electron chi connectivity index (χ0n) is 55.9. The van der Waals surface area contributed by atoms with Crippen LogP contribution >= 0.6 is 0 Å². The first-order valence-electron chi connectivity index (χ1n) is 31.3. The Kier molecular flexibility index (Phi) is 21.5. The number of amides is 10. The number of aromatic nitrogens is 1. The van der Waals surface area contributed by atoms with E-state index in [0.717, 1.165) is 9.80 Å². The summed E-state index contributed by atoms with van der Waals surface area (Å²) in [5.41, 5.74) is 3.57. The van der Waals surface area contributed by atoms with E-state index in [4.69, 9.17) is 24.6 Å². The van der Waals surface area contributed by atoms with Crippen LogP contribution in [0.25, 0.3) is 22.6 Å². The molecule has 0 spiro atoms. The van der Waals surface area contributed by atoms with Gasteiger partial charge in [-0.3, -0.25) is 52.7 Å². The van der Waals surface area contributed by atoms with Crippen LogP contribution < -0.4 is 32.4 Å². The van der Waals surface area contributed by atoms with Crippen molar-refractivity contribution in [2.75, 3.05) is 60.1 Å². The number of carbonyl (C=O) groups excluding carboxylic acids is 12. The highest BCUT2D eigenvalue weighted by Gasteiger charge is 2.48. The predicted octanol–water partition coefficient (Wildman–Crippen LogP) is 1.22. The summed E-state index contributed by atoms with van der Waals surface area (Å²) in [6.07, 6.45) is -2.58. The molecular weight excluding hydrogens is 1190 g/mol. The van der Waals surface area contributed by atoms with Crippen molar-refractivity contribution in [3.63, 3.8) is 0 Å². The Morgan fingerprint density at radius 2 is 1.01 bits per heavy atom. The lowest BCUT2D eigenvalue weighted by Gasteiger charge is -2.36. The number of nitrogens with zero attached hydrogens (tertiary/aromatic N) is 7. The highest BCUT2D eigenvalue weighted by atomic mass is 16.6. The fourth-order valence-corrected chi connectivity index (χ4v) is 12.8. The van der Waals surface area contributed by atoms with Crippen molar-refractivity contribution < 1.29 is 71.4 Å². The fraction of sp³-hybridized carbons (Fsp3) is 0.625. The molecule has 10 amide bonds. The number of fused-ring (bicyclic) bond motifs is 4. The molecule has 1 aromatic rings. The van der Waals surface area contributed by atoms with Crippen molar-refractivity contribution in [2.45, 2.75) is 170 Å². The van der Waals surface area contributed by atoms with E-state index in [-0.39, 0.29) is 65.8 Å². The van der Waals surface area contributed by atoms with Crippen molar-refractivity contribution in [1.82, 2.24) is 55.7 Å². The molecule has 502 valence electrons. The Balaban J connectivity index is 1.33. The molecule has 28 heteroatoms. The number of nitrogens with two attached hydrogens (primary N) is 1. The van der Waals surface area contributed by atoms with E-state index in [9.17, 15) is 52.7 Å². The SMILES string of the molecule is Cc1c2oc3c(C)ccc(C(=O)N[C@@H]4C(=O)N[C@H](C(C)C)C(=O)N5C[C@@H](C)C[C@H]5C(=O)N(C)CC(=O)N(C)[C@@H](C(C)C)C(=O)OC4C)c3nc-2c(C(=O)N[C@@H]2C(=O)N[C@H](C(C)C)C(=O)N3C[C@@H](C)C[C@H]3C(=O)N(C)CC(=O)N(C)[C@@H](C(C)C)C(=O)OC2C)c(N)c1=O. The molecule has 0 aromatic heterocycles. The van der Waals surface area contributed by atoms with Gasteiger partial charge in [-0.1, -0.05) is 75.3 Å². The Morgan fingerprint density at radius 3 is 1.41 bits per heavy atom. The zero-order valence-corrected chi connectivity index (χ0v) is 55.9. The predicted molar refractivity (Wildman–Crippen MR) is 335 cm³/mol. The van der Waals surface area contributed by atoms with Crippen LogP contribution in [0.15, 0.2) is 21.3 Å². The summed E-state index contributed by atoms with van der Waals surface area (Å²) in [6.45, 7) is 22.1. The van der Waals surface area contributed by atoms with Gasteiger partial charge in [-0.15, -0.1) is 0 Å². The molecule has 5 heterocycles. The van der Waals surface area contributed by atoms with Crippen LogP contribution in [0.3, 0.4) is 0 Å². The van der Waals surface area contributed by atoms with Gasteiger partial charge in [-0.25, -0.2) is 14.6 Å². The van der Waals surface area contributed by atoms with Crippen LogP contribution in [0.5, 0.6) is 0 Å². The van der Waals surface area contributed by atoms with Crippen molar-refractivity contribution in [1.29, 1.82) is 0 Å². The number of nitrogen functional groups attached to an aromatic ring is 1. The van der Waals surface area contributed by atoms with Gasteiger partial charge >= 0.3 is 11.9 Å². The maximum absolute atomic E-state index is 15.2. The molecule has 4 saturated heterocycles. The average Bonchev–Trinajstić information content (AvgIpc) is 0.921. The largest absolute Gasteiger partial charge is 0.458 e. The number of nitrogens with one attached hydrogen (secondary N) is 4. The molecule has 1 aromatic carbocycles. The number of ether oxygens (including phenoxy) is 2. The van der Waals surface area contributed by atoms with Crippen molar-refractivity contribution in [2.24, 2.45) is 35.5 Å². The van der Waals surface area contributed by atoms with Crippen molar-refractivity contribution >= 4 is 87.8 Å². The number of aryl methyl sites for hydroxylation is 1. The van der Waals surface area contributed by atoms with Gasteiger partial charge in [0, 0.05) is 46.8 Å². The number of likely N-dealkylation sites (N-methyl/N-ethyl adjacent to an activating group) is 4. The monoisotopic (exact) mass is 1280 g/mol. The summed E-state index contributed by atoms with van der Waals surface area (Å²) in [5, 5.41) is 10.7. The number of hydrogen-bond donors (Lipinski definition) is 5. The third-order valence-corrected chi connectivity index (χ3v) is 18.0. The van der Waals surface area contributed by atoms with Gasteiger partial charge < -0.3 is 70.3 Å². The maximum atomic E-state index is 15.2. The van der Waals surface area contributed by atoms with Gasteiger partial charge in [0.15, 0.2) is 11.3 Å². The van der Waals surface area contributed by atoms with Crippen LogP contribution in [0.1, 0.15) is 128 Å². The van der Waals surface area contributed by atoms with Gasteiger partial charge in [0.25, 0.3) is 11.8 Å². The lowest BCUT2D eigenvalue weighted by molar-refractivity contribution is -0.163. The molecule has 0 saturated carbocycles. The molecule has 0 bridgehead atoms. The molecular formula is C64H90N12O16. The molecule has 92 heavy (non-hydrogen) atoms. The lowest BCUT2D eigenvalue weighted by Crippen LogP contribution is -2.61. The molecule has 7 rings (SSSR count). The summed E-state index contributed by atoms with van der Waals surface area (Å²) in [5.74, 6) is -12.7. The van der Waals surface area contributed by atoms with E-state index < -0.39 is 191 Å². The smallest absolute Gasteiger partial charge is 0.329 e. The molecule has 28 nitrogen and oxygen atoms in total. The number of rotatable bonds is 8. The molecule has 6 N–H and O–H groups in total. The van der Waals surface area contributed by atoms with Crippen molar-refractivity contribution in [3.8, 4) is 11.5 Å². The van der Waals surface area contributed by atoms with Gasteiger partial charge in [-0.05, 0) is 87.7 Å². The topological polar surface area (TPSA) is 360 Å². The zero-order chi connectivity index (χ0) is 68.7. The minimum absolute atomic E-state index is 0.0776. The number of carbonyl (C=O) groups is 12. The number of benzene rings is 2. The number of esters is 2. The van der Waals surface area contributed by atoms with E-state index in [1.807, 2.05) is 13.8 Å². The normalized spacial score (nSPS) is 27.5. The summed E-state index contributed by atoms with van der Waals surface area (Å²) < 4.78 is 18.3. The third-order valence-electron chi connectivity index (χ3n) is 18.0. The third kappa shape index (κ3) is 14.2. The summed E-state index contributed by atoms with van der Waals surface area (Å²) in [4.78, 5) is 200. The Morgan fingerprint density at radius 1 is 0.598 bits per heavy atom. The Labute approximate surface area is 535 Å². The van der Waals surface area contributed by atoms with E-state index in [0.29, 0.717) is 5.56 Å². The standard InChI is InChI=1S/C64H90N12O16/c1-27(2)44-61(86)75-23-31(9)21-38(75)59(84)71(15)25-40(77)73(17)50(29(5)6)63(88)90-35(13)46(57(82)67-44)69-55(80)37-20-19-33(11)53-48(37)66-49-42(43(65)52(79)34(12)54(49)92-53)56(81)70-47-36(14)91-64(89)51(30(7)8)74(18)41(78)26-72(16)60(85)39-22-32(10)24-76(39)62(87)45(28(3)4)68-58(47)83/h19-20,27-32,35-36,38-39,44-47,50-51H,21-26,65H2,1-18H3,(H,67,82)(H,68,83)(H,69,80)(H,70,81)/t31-,32-,35?,36?,38-,39-,44+,45+,46-,47-,50-,51-/m0/s1. The number of cyclic esters (lactones) is 2. The van der Waals surface area contributed by atoms with Crippen LogP contribution in [-0.4, -0.2) is 220 Å². The number of anilines is 1. The maximum Gasteiger partial charge on any atom is 0.329 e. The summed E-state index contributed by atoms with van der Waals surface area (Å²) in [7, 11) is 5.60. The molecule has 1 aliphatic carbocycles. The van der Waals surface area contributed by atoms with Crippen LogP contribution in [0.4, 0.5) is 5.69 Å². The fourth-order valence-electron chi connectivity index (χ4n) is 12.8. The number of hydrogen-bond acceptors (Lipinski definition) is 18. The van der Waals surface area contributed by atoms with Gasteiger partial charge in [0.05, 0.1) is 29.9 Å². The Hall–Kier alpha value is -8.72. The molecule has 12 atom stereocenters. The second-order valence-electron chi connectivity index (χ2n) is 26.9. The summed E-state index contributed by atoms with van der Waals surface area (Å²) in [6, 6.07) is -8.00. The van der Waals surface area contributed by atoms with E-state index in [1.165, 1.54) is 80.7 Å². The van der Waals surface area contributed by atoms with Crippen LogP contribution in [0.2, 0.25) is 0 Å². The van der Waals surface area contributed by atoms with Crippen LogP contribution in [-0.2, 0) is 57.4 Å². The average molecular weight is 1280 g/mol. The first-order chi connectivity index (χ1) is 42.9. The molecule has 2 unspecified atom stereocenters. The van der Waals surface area contributed by atoms with Gasteiger partial charge in [0.1, 0.15) is 71.8 Å². The first kappa shape index (κ1) is 70.7. The van der Waals surface area contributed by atoms with E-state index in [2.05, 4.69) is 21.3 Å². The Bertz CT molecular complexity index is 3490. The first-order valence-corrected chi connectivity index (χ1v) is 31.3. The molecule has 6 aliphatic rings. The van der Waals surface area contributed by atoms with E-state index >= 15 is 9.59 Å². The lowest BCUT2D eigenvalue weighted by atomic mass is 9.98. The molecule has 5 aliphatic heterocycles. The highest BCUT2D eigenvalue weighted by Crippen LogP contribution is 2.36. The summed E-state index contributed by atoms with van der Waals surface area (Å²) >= 11 is 0. The minimum atomic E-state index is -1.89. The molecule has 0 radical (unpaired) electrons. The van der Waals surface area contributed by atoms with Gasteiger partial charge in [0.2, 0.25) is 52.7 Å². The van der Waals surface area contributed by atoms with Crippen LogP contribution in [0, 0.1) is 49.4 Å². The molecule has 4 fully saturated rings.